The second-order valence-corrected chi connectivity index (χ2v) is 3.94. The monoisotopic (exact) mass is 255 g/mol. The molecule has 1 saturated heterocycles. The minimum atomic E-state index is -0.701. The molecule has 7 nitrogen and oxygen atoms in total. The lowest BCUT2D eigenvalue weighted by atomic mass is 10.4. The minimum absolute atomic E-state index is 0.305. The zero-order chi connectivity index (χ0) is 12.4. The first kappa shape index (κ1) is 11.6. The van der Waals surface area contributed by atoms with Gasteiger partial charge in [0.1, 0.15) is 10.3 Å². The van der Waals surface area contributed by atoms with E-state index in [1.165, 1.54) is 0 Å². The molecule has 17 heavy (non-hydrogen) atoms. The normalized spacial score (nSPS) is 17.9. The maximum Gasteiger partial charge on any atom is 0.278 e. The standard InChI is InChI=1S/C9H10ClN5O2/c1-13-4-5-14(9(13)12-15(16)17)7-2-3-8(10)11-6-7/h2-3,6H,4-5H2,1H3. The molecule has 0 saturated carbocycles. The molecule has 0 N–H and O–H groups in total. The van der Waals surface area contributed by atoms with Crippen LogP contribution in [-0.4, -0.2) is 41.0 Å². The largest absolute Gasteiger partial charge is 0.339 e. The van der Waals surface area contributed by atoms with Crippen molar-refractivity contribution in [3.63, 3.8) is 0 Å². The summed E-state index contributed by atoms with van der Waals surface area (Å²) in [5.41, 5.74) is 0.736. The summed E-state index contributed by atoms with van der Waals surface area (Å²) in [5, 5.41) is 13.5. The first-order valence-electron chi connectivity index (χ1n) is 4.91. The number of guanidine groups is 1. The molecule has 2 heterocycles. The van der Waals surface area contributed by atoms with E-state index in [9.17, 15) is 10.1 Å². The third-order valence-corrected chi connectivity index (χ3v) is 2.66. The summed E-state index contributed by atoms with van der Waals surface area (Å²) in [7, 11) is 1.76. The molecule has 1 aliphatic rings. The average molecular weight is 256 g/mol. The highest BCUT2D eigenvalue weighted by Gasteiger charge is 2.28. The number of nitro groups is 1. The van der Waals surface area contributed by atoms with Gasteiger partial charge in [0, 0.05) is 20.1 Å². The van der Waals surface area contributed by atoms with Crippen LogP contribution >= 0.6 is 11.6 Å². The van der Waals surface area contributed by atoms with E-state index in [1.807, 2.05) is 0 Å². The van der Waals surface area contributed by atoms with Gasteiger partial charge in [-0.3, -0.25) is 0 Å². The topological polar surface area (TPSA) is 74.9 Å². The third-order valence-electron chi connectivity index (χ3n) is 2.44. The average Bonchev–Trinajstić information content (AvgIpc) is 2.61. The molecular weight excluding hydrogens is 246 g/mol. The SMILES string of the molecule is CN1CCN(c2ccc(Cl)nc2)C1=N[N+](=O)[O-]. The van der Waals surface area contributed by atoms with Crippen molar-refractivity contribution in [1.29, 1.82) is 0 Å². The summed E-state index contributed by atoms with van der Waals surface area (Å²) in [5.74, 6) is 0.305. The number of aromatic nitrogens is 1. The highest BCUT2D eigenvalue weighted by atomic mass is 35.5. The van der Waals surface area contributed by atoms with Gasteiger partial charge in [-0.1, -0.05) is 11.6 Å². The fraction of sp³-hybridized carbons (Fsp3) is 0.333. The van der Waals surface area contributed by atoms with Crippen molar-refractivity contribution in [1.82, 2.24) is 9.88 Å². The summed E-state index contributed by atoms with van der Waals surface area (Å²) >= 11 is 5.69. The van der Waals surface area contributed by atoms with Gasteiger partial charge < -0.3 is 9.80 Å². The van der Waals surface area contributed by atoms with E-state index in [0.717, 1.165) is 5.69 Å². The predicted octanol–water partition coefficient (Wildman–Crippen LogP) is 1.03. The Morgan fingerprint density at radius 1 is 1.53 bits per heavy atom. The van der Waals surface area contributed by atoms with E-state index in [2.05, 4.69) is 10.1 Å². The number of nitrogens with zero attached hydrogens (tertiary/aromatic N) is 5. The summed E-state index contributed by atoms with van der Waals surface area (Å²) in [4.78, 5) is 17.9. The number of rotatable bonds is 2. The molecule has 0 atom stereocenters. The lowest BCUT2D eigenvalue weighted by Crippen LogP contribution is -2.32. The van der Waals surface area contributed by atoms with Gasteiger partial charge in [0.2, 0.25) is 0 Å². The van der Waals surface area contributed by atoms with Crippen LogP contribution < -0.4 is 4.90 Å². The lowest BCUT2D eigenvalue weighted by molar-refractivity contribution is -0.485. The molecule has 1 aromatic rings. The van der Waals surface area contributed by atoms with Gasteiger partial charge in [0.25, 0.3) is 5.96 Å². The first-order chi connectivity index (χ1) is 8.08. The molecule has 8 heteroatoms. The summed E-state index contributed by atoms with van der Waals surface area (Å²) < 4.78 is 0. The van der Waals surface area contributed by atoms with Crippen molar-refractivity contribution < 1.29 is 5.03 Å². The Bertz CT molecular complexity index is 461. The van der Waals surface area contributed by atoms with Crippen LogP contribution in [0.15, 0.2) is 23.4 Å². The number of hydrazone groups is 1. The number of likely N-dealkylation sites (N-methyl/N-ethyl adjacent to an activating group) is 1. The van der Waals surface area contributed by atoms with E-state index in [4.69, 9.17) is 11.6 Å². The molecule has 0 bridgehead atoms. The van der Waals surface area contributed by atoms with Crippen molar-refractivity contribution in [2.45, 2.75) is 0 Å². The number of anilines is 1. The zero-order valence-electron chi connectivity index (χ0n) is 9.08. The Morgan fingerprint density at radius 2 is 2.29 bits per heavy atom. The van der Waals surface area contributed by atoms with Crippen molar-refractivity contribution in [3.8, 4) is 0 Å². The van der Waals surface area contributed by atoms with Crippen LogP contribution in [0.25, 0.3) is 0 Å². The van der Waals surface area contributed by atoms with Crippen LogP contribution in [0.3, 0.4) is 0 Å². The van der Waals surface area contributed by atoms with Gasteiger partial charge in [-0.15, -0.1) is 0 Å². The number of hydrogen-bond acceptors (Lipinski definition) is 3. The van der Waals surface area contributed by atoms with Gasteiger partial charge in [-0.2, -0.15) is 0 Å². The van der Waals surface area contributed by atoms with Crippen LogP contribution in [0.1, 0.15) is 0 Å². The maximum absolute atomic E-state index is 10.5. The third kappa shape index (κ3) is 2.44. The molecule has 0 spiro atoms. The zero-order valence-corrected chi connectivity index (χ0v) is 9.83. The minimum Gasteiger partial charge on any atom is -0.339 e. The molecule has 0 unspecified atom stereocenters. The molecule has 0 radical (unpaired) electrons. The van der Waals surface area contributed by atoms with Gasteiger partial charge in [-0.25, -0.2) is 15.1 Å². The number of halogens is 1. The second-order valence-electron chi connectivity index (χ2n) is 3.55. The molecule has 90 valence electrons. The Morgan fingerprint density at radius 3 is 2.88 bits per heavy atom. The Hall–Kier alpha value is -1.89. The Kier molecular flexibility index (Phi) is 3.10. The summed E-state index contributed by atoms with van der Waals surface area (Å²) in [6.07, 6.45) is 1.57. The van der Waals surface area contributed by atoms with Crippen molar-refractivity contribution >= 4 is 23.2 Å². The van der Waals surface area contributed by atoms with Crippen LogP contribution in [0.5, 0.6) is 0 Å². The summed E-state index contributed by atoms with van der Waals surface area (Å²) in [6, 6.07) is 3.39. The fourth-order valence-corrected chi connectivity index (χ4v) is 1.74. The molecule has 0 aromatic carbocycles. The van der Waals surface area contributed by atoms with Crippen LogP contribution in [-0.2, 0) is 0 Å². The van der Waals surface area contributed by atoms with Gasteiger partial charge in [0.05, 0.1) is 11.9 Å². The molecule has 2 rings (SSSR count). The van der Waals surface area contributed by atoms with Crippen LogP contribution in [0, 0.1) is 10.1 Å². The predicted molar refractivity (Wildman–Crippen MR) is 63.7 cm³/mol. The molecule has 1 fully saturated rings. The molecular formula is C9H10ClN5O2. The highest BCUT2D eigenvalue weighted by Crippen LogP contribution is 2.19. The molecule has 1 aliphatic heterocycles. The Labute approximate surface area is 102 Å². The van der Waals surface area contributed by atoms with Crippen LogP contribution in [0.4, 0.5) is 5.69 Å². The van der Waals surface area contributed by atoms with E-state index < -0.39 is 5.03 Å². The smallest absolute Gasteiger partial charge is 0.278 e. The van der Waals surface area contributed by atoms with E-state index in [0.29, 0.717) is 24.2 Å². The molecule has 0 aliphatic carbocycles. The van der Waals surface area contributed by atoms with E-state index in [-0.39, 0.29) is 0 Å². The Balaban J connectivity index is 2.31. The van der Waals surface area contributed by atoms with E-state index in [1.54, 1.807) is 35.2 Å². The highest BCUT2D eigenvalue weighted by molar-refractivity contribution is 6.29. The summed E-state index contributed by atoms with van der Waals surface area (Å²) in [6.45, 7) is 1.31. The van der Waals surface area contributed by atoms with E-state index >= 15 is 0 Å². The van der Waals surface area contributed by atoms with Crippen molar-refractivity contribution in [2.24, 2.45) is 5.10 Å². The maximum atomic E-state index is 10.5. The first-order valence-corrected chi connectivity index (χ1v) is 5.29. The molecule has 1 aromatic heterocycles. The van der Waals surface area contributed by atoms with Crippen molar-refractivity contribution in [2.75, 3.05) is 25.0 Å². The van der Waals surface area contributed by atoms with Gasteiger partial charge in [-0.05, 0) is 12.1 Å². The quantitative estimate of drug-likeness (QED) is 0.448. The number of pyridine rings is 1. The van der Waals surface area contributed by atoms with Crippen LogP contribution in [0.2, 0.25) is 5.15 Å². The van der Waals surface area contributed by atoms with Crippen molar-refractivity contribution in [3.05, 3.63) is 33.6 Å². The lowest BCUT2D eigenvalue weighted by Gasteiger charge is -2.17. The van der Waals surface area contributed by atoms with Gasteiger partial charge in [0.15, 0.2) is 5.03 Å². The fourth-order valence-electron chi connectivity index (χ4n) is 1.63. The molecule has 0 amide bonds. The second kappa shape index (κ2) is 4.54. The number of hydrogen-bond donors (Lipinski definition) is 0. The van der Waals surface area contributed by atoms with Gasteiger partial charge >= 0.3 is 0 Å².